The normalized spacial score (nSPS) is 13.4. The summed E-state index contributed by atoms with van der Waals surface area (Å²) in [5, 5.41) is 11.2. The fraction of sp³-hybridized carbons (Fsp3) is 0.556. The van der Waals surface area contributed by atoms with Gasteiger partial charge in [0, 0.05) is 7.05 Å². The van der Waals surface area contributed by atoms with Gasteiger partial charge in [0.15, 0.2) is 11.3 Å². The first kappa shape index (κ1) is 17.9. The Morgan fingerprint density at radius 2 is 1.64 bits per heavy atom. The Balaban J connectivity index is 3.39. The lowest BCUT2D eigenvalue weighted by Gasteiger charge is -2.25. The molecule has 0 fully saturated rings. The number of halogens is 9. The van der Waals surface area contributed by atoms with Crippen LogP contribution in [0.15, 0.2) is 0 Å². The highest BCUT2D eigenvalue weighted by Gasteiger charge is 2.66. The van der Waals surface area contributed by atoms with Gasteiger partial charge in [-0.05, 0) is 0 Å². The summed E-state index contributed by atoms with van der Waals surface area (Å²) in [6.45, 7) is 0. The van der Waals surface area contributed by atoms with Crippen molar-refractivity contribution in [2.45, 2.75) is 24.6 Å². The second-order valence-electron chi connectivity index (χ2n) is 3.80. The number of hydrogen-bond donors (Lipinski definition) is 0. The predicted molar refractivity (Wildman–Crippen MR) is 49.5 cm³/mol. The van der Waals surface area contributed by atoms with Crippen LogP contribution in [0.2, 0.25) is 0 Å². The van der Waals surface area contributed by atoms with Crippen molar-refractivity contribution in [2.24, 2.45) is 7.05 Å². The van der Waals surface area contributed by atoms with Gasteiger partial charge < -0.3 is 4.74 Å². The fourth-order valence-corrected chi connectivity index (χ4v) is 1.27. The van der Waals surface area contributed by atoms with Crippen LogP contribution in [0.3, 0.4) is 0 Å². The predicted octanol–water partition coefficient (Wildman–Crippen LogP) is 3.18. The van der Waals surface area contributed by atoms with E-state index >= 15 is 0 Å². The van der Waals surface area contributed by atoms with Gasteiger partial charge >= 0.3 is 24.6 Å². The molecule has 0 amide bonds. The summed E-state index contributed by atoms with van der Waals surface area (Å²) in [5.74, 6) is -8.18. The average Bonchev–Trinajstić information content (AvgIpc) is 2.63. The Kier molecular flexibility index (Phi) is 4.28. The van der Waals surface area contributed by atoms with Gasteiger partial charge in [0.2, 0.25) is 0 Å². The molecule has 0 atom stereocenters. The molecule has 0 aliphatic carbocycles. The molecule has 1 aromatic heterocycles. The monoisotopic (exact) mass is 341 g/mol. The molecule has 0 N–H and O–H groups in total. The molecular weight excluding hydrogens is 337 g/mol. The molecule has 1 rings (SSSR count). The van der Waals surface area contributed by atoms with E-state index < -0.39 is 41.8 Å². The Morgan fingerprint density at radius 3 is 2.00 bits per heavy atom. The van der Waals surface area contributed by atoms with Gasteiger partial charge in [0.1, 0.15) is 6.07 Å². The van der Waals surface area contributed by atoms with E-state index in [1.807, 2.05) is 0 Å². The Labute approximate surface area is 115 Å². The van der Waals surface area contributed by atoms with E-state index in [9.17, 15) is 39.5 Å². The van der Waals surface area contributed by atoms with E-state index in [0.29, 0.717) is 7.05 Å². The maximum absolute atomic E-state index is 13.0. The third-order valence-corrected chi connectivity index (χ3v) is 2.29. The minimum atomic E-state index is -6.07. The number of nitriles is 1. The summed E-state index contributed by atoms with van der Waals surface area (Å²) >= 11 is 0. The number of ether oxygens (including phenoxy) is 1. The summed E-state index contributed by atoms with van der Waals surface area (Å²) in [6.07, 6.45) is -16.4. The largest absolute Gasteiger partial charge is 0.471 e. The minimum Gasteiger partial charge on any atom is -0.408 e. The number of rotatable bonds is 4. The lowest BCUT2D eigenvalue weighted by Crippen LogP contribution is -2.50. The Morgan fingerprint density at radius 1 is 1.14 bits per heavy atom. The molecule has 1 heterocycles. The maximum Gasteiger partial charge on any atom is 0.471 e. The molecule has 22 heavy (non-hydrogen) atoms. The van der Waals surface area contributed by atoms with E-state index in [0.717, 1.165) is 6.07 Å². The van der Waals surface area contributed by atoms with E-state index in [1.165, 1.54) is 0 Å². The van der Waals surface area contributed by atoms with Gasteiger partial charge in [-0.3, -0.25) is 4.68 Å². The van der Waals surface area contributed by atoms with Crippen LogP contribution >= 0.6 is 0 Å². The van der Waals surface area contributed by atoms with Crippen LogP contribution in [0.5, 0.6) is 5.88 Å². The second kappa shape index (κ2) is 5.25. The molecular formula is C9H4F9N3O. The minimum absolute atomic E-state index is 0.134. The number of alkyl halides is 9. The molecule has 124 valence electrons. The molecule has 13 heteroatoms. The van der Waals surface area contributed by atoms with Crippen LogP contribution in [-0.4, -0.2) is 28.2 Å². The summed E-state index contributed by atoms with van der Waals surface area (Å²) in [6, 6.07) is 0.958. The van der Waals surface area contributed by atoms with Crippen molar-refractivity contribution in [2.75, 3.05) is 0 Å². The quantitative estimate of drug-likeness (QED) is 0.791. The van der Waals surface area contributed by atoms with Crippen molar-refractivity contribution in [3.05, 3.63) is 11.3 Å². The summed E-state index contributed by atoms with van der Waals surface area (Å²) in [7, 11) is 0.712. The topological polar surface area (TPSA) is 50.8 Å². The lowest BCUT2D eigenvalue weighted by atomic mass is 10.2. The van der Waals surface area contributed by atoms with Gasteiger partial charge in [-0.2, -0.15) is 36.0 Å². The van der Waals surface area contributed by atoms with Crippen LogP contribution in [0.4, 0.5) is 39.5 Å². The van der Waals surface area contributed by atoms with Gasteiger partial charge in [-0.25, -0.2) is 8.78 Å². The molecule has 0 saturated carbocycles. The van der Waals surface area contributed by atoms with Crippen molar-refractivity contribution in [3.8, 4) is 11.9 Å². The molecule has 0 aliphatic rings. The molecule has 0 unspecified atom stereocenters. The molecule has 0 aromatic carbocycles. The summed E-state index contributed by atoms with van der Waals surface area (Å²) < 4.78 is 116. The highest BCUT2D eigenvalue weighted by atomic mass is 19.4. The third-order valence-electron chi connectivity index (χ3n) is 2.29. The van der Waals surface area contributed by atoms with Crippen LogP contribution in [0, 0.1) is 11.3 Å². The molecule has 0 saturated heterocycles. The highest BCUT2D eigenvalue weighted by Crippen LogP contribution is 2.44. The van der Waals surface area contributed by atoms with Crippen LogP contribution < -0.4 is 4.74 Å². The lowest BCUT2D eigenvalue weighted by molar-refractivity contribution is -0.343. The molecule has 4 nitrogen and oxygen atoms in total. The fourth-order valence-electron chi connectivity index (χ4n) is 1.27. The number of nitrogens with zero attached hydrogens (tertiary/aromatic N) is 3. The van der Waals surface area contributed by atoms with Crippen LogP contribution in [0.25, 0.3) is 0 Å². The molecule has 0 aliphatic heterocycles. The first-order chi connectivity index (χ1) is 9.75. The molecule has 1 aromatic rings. The first-order valence-electron chi connectivity index (χ1n) is 5.02. The molecule has 0 spiro atoms. The summed E-state index contributed by atoms with van der Waals surface area (Å²) in [4.78, 5) is 0. The van der Waals surface area contributed by atoms with Crippen molar-refractivity contribution >= 4 is 0 Å². The van der Waals surface area contributed by atoms with E-state index in [2.05, 4.69) is 9.84 Å². The maximum atomic E-state index is 13.0. The number of aromatic nitrogens is 2. The summed E-state index contributed by atoms with van der Waals surface area (Å²) in [5.41, 5.74) is -3.50. The number of hydrogen-bond acceptors (Lipinski definition) is 3. The van der Waals surface area contributed by atoms with E-state index in [4.69, 9.17) is 5.26 Å². The number of aryl methyl sites for hydroxylation is 1. The highest BCUT2D eigenvalue weighted by molar-refractivity contribution is 5.41. The zero-order chi connectivity index (χ0) is 17.5. The zero-order valence-corrected chi connectivity index (χ0v) is 10.2. The van der Waals surface area contributed by atoms with Crippen molar-refractivity contribution in [1.82, 2.24) is 9.78 Å². The van der Waals surface area contributed by atoms with Gasteiger partial charge in [-0.15, -0.1) is 5.10 Å². The zero-order valence-electron chi connectivity index (χ0n) is 10.2. The smallest absolute Gasteiger partial charge is 0.408 e. The van der Waals surface area contributed by atoms with Crippen LogP contribution in [0.1, 0.15) is 11.3 Å². The van der Waals surface area contributed by atoms with Gasteiger partial charge in [-0.1, -0.05) is 0 Å². The van der Waals surface area contributed by atoms with Crippen molar-refractivity contribution < 1.29 is 44.3 Å². The SMILES string of the molecule is Cn1nc(OC(F)(F)C(F)(F)C(F)F)c(C(F)(F)F)c1C#N. The van der Waals surface area contributed by atoms with Crippen molar-refractivity contribution in [1.29, 1.82) is 5.26 Å². The van der Waals surface area contributed by atoms with Gasteiger partial charge in [0.25, 0.3) is 5.88 Å². The Bertz CT molecular complexity index is 599. The van der Waals surface area contributed by atoms with Crippen molar-refractivity contribution in [3.63, 3.8) is 0 Å². The molecule has 0 bridgehead atoms. The van der Waals surface area contributed by atoms with E-state index in [1.54, 1.807) is 0 Å². The first-order valence-corrected chi connectivity index (χ1v) is 5.02. The average molecular weight is 341 g/mol. The Hall–Kier alpha value is -2.13. The third kappa shape index (κ3) is 2.90. The second-order valence-corrected chi connectivity index (χ2v) is 3.80. The van der Waals surface area contributed by atoms with Gasteiger partial charge in [0.05, 0.1) is 0 Å². The molecule has 0 radical (unpaired) electrons. The van der Waals surface area contributed by atoms with E-state index in [-0.39, 0.29) is 4.68 Å². The van der Waals surface area contributed by atoms with Crippen LogP contribution in [-0.2, 0) is 13.2 Å². The standard InChI is InChI=1S/C9H4F9N3O/c1-21-3(2-19)4(8(14,15)16)5(20-21)22-9(17,18)7(12,13)6(10)11/h6H,1H3.